The highest BCUT2D eigenvalue weighted by atomic mass is 79.9. The molecule has 0 saturated heterocycles. The van der Waals surface area contributed by atoms with Gasteiger partial charge in [0, 0.05) is 23.5 Å². The Kier molecular flexibility index (Phi) is 3.75. The first-order valence-corrected chi connectivity index (χ1v) is 9.24. The molecule has 0 unspecified atom stereocenters. The standard InChI is InChI=1S/C20H15BrN4O2/c1-12-2-4-13(5-3-12)19-20(25-10-17(21)22-9-18(25)24-19)23-14-6-7-15-16(8-14)27-11-26-15/h2-10,23H,11H2,1H3. The minimum Gasteiger partial charge on any atom is -0.454 e. The first-order valence-electron chi connectivity index (χ1n) is 8.45. The van der Waals surface area contributed by atoms with Gasteiger partial charge in [-0.3, -0.25) is 4.40 Å². The number of aromatic nitrogens is 3. The molecule has 2 aromatic carbocycles. The van der Waals surface area contributed by atoms with Crippen molar-refractivity contribution in [2.24, 2.45) is 0 Å². The molecule has 2 aromatic heterocycles. The summed E-state index contributed by atoms with van der Waals surface area (Å²) < 4.78 is 13.6. The molecule has 27 heavy (non-hydrogen) atoms. The highest BCUT2D eigenvalue weighted by Gasteiger charge is 2.17. The maximum Gasteiger partial charge on any atom is 0.231 e. The fourth-order valence-electron chi connectivity index (χ4n) is 3.07. The molecule has 0 radical (unpaired) electrons. The molecule has 134 valence electrons. The summed E-state index contributed by atoms with van der Waals surface area (Å²) in [5.41, 5.74) is 4.74. The Morgan fingerprint density at radius 1 is 1.07 bits per heavy atom. The number of nitrogens with one attached hydrogen (secondary N) is 1. The molecule has 3 heterocycles. The molecule has 1 aliphatic rings. The van der Waals surface area contributed by atoms with Crippen LogP contribution in [0.3, 0.4) is 0 Å². The summed E-state index contributed by atoms with van der Waals surface area (Å²) in [6.07, 6.45) is 3.64. The van der Waals surface area contributed by atoms with E-state index in [-0.39, 0.29) is 6.79 Å². The lowest BCUT2D eigenvalue weighted by atomic mass is 10.1. The number of hydrogen-bond donors (Lipinski definition) is 1. The van der Waals surface area contributed by atoms with Crippen molar-refractivity contribution in [3.63, 3.8) is 0 Å². The van der Waals surface area contributed by atoms with Crippen LogP contribution in [-0.2, 0) is 0 Å². The van der Waals surface area contributed by atoms with E-state index in [9.17, 15) is 0 Å². The SMILES string of the molecule is Cc1ccc(-c2nc3cnc(Br)cn3c2Nc2ccc3c(c2)OCO3)cc1. The van der Waals surface area contributed by atoms with Crippen LogP contribution in [0.2, 0.25) is 0 Å². The van der Waals surface area contributed by atoms with E-state index >= 15 is 0 Å². The molecule has 0 spiro atoms. The first-order chi connectivity index (χ1) is 13.2. The molecule has 0 amide bonds. The maximum atomic E-state index is 5.49. The van der Waals surface area contributed by atoms with Gasteiger partial charge in [0.15, 0.2) is 17.1 Å². The summed E-state index contributed by atoms with van der Waals surface area (Å²) >= 11 is 3.44. The molecular weight excluding hydrogens is 408 g/mol. The number of fused-ring (bicyclic) bond motifs is 2. The lowest BCUT2D eigenvalue weighted by Gasteiger charge is -2.10. The number of rotatable bonds is 3. The predicted octanol–water partition coefficient (Wildman–Crippen LogP) is 4.94. The smallest absolute Gasteiger partial charge is 0.231 e. The summed E-state index contributed by atoms with van der Waals surface area (Å²) in [4.78, 5) is 9.08. The summed E-state index contributed by atoms with van der Waals surface area (Å²) in [6, 6.07) is 14.1. The third-order valence-corrected chi connectivity index (χ3v) is 4.85. The quantitative estimate of drug-likeness (QED) is 0.506. The van der Waals surface area contributed by atoms with Crippen molar-refractivity contribution in [2.45, 2.75) is 6.92 Å². The van der Waals surface area contributed by atoms with E-state index in [4.69, 9.17) is 14.5 Å². The van der Waals surface area contributed by atoms with Crippen molar-refractivity contribution < 1.29 is 9.47 Å². The van der Waals surface area contributed by atoms with Crippen molar-refractivity contribution in [3.8, 4) is 22.8 Å². The van der Waals surface area contributed by atoms with Crippen molar-refractivity contribution in [1.29, 1.82) is 0 Å². The zero-order valence-corrected chi connectivity index (χ0v) is 16.0. The molecule has 1 N–H and O–H groups in total. The number of nitrogens with zero attached hydrogens (tertiary/aromatic N) is 3. The summed E-state index contributed by atoms with van der Waals surface area (Å²) in [6.45, 7) is 2.32. The van der Waals surface area contributed by atoms with E-state index < -0.39 is 0 Å². The molecule has 0 bridgehead atoms. The molecule has 0 saturated carbocycles. The highest BCUT2D eigenvalue weighted by molar-refractivity contribution is 9.10. The Balaban J connectivity index is 1.65. The molecule has 5 rings (SSSR count). The molecule has 1 aliphatic heterocycles. The summed E-state index contributed by atoms with van der Waals surface area (Å²) in [5, 5.41) is 3.48. The van der Waals surface area contributed by atoms with Gasteiger partial charge in [-0.25, -0.2) is 9.97 Å². The Morgan fingerprint density at radius 2 is 1.89 bits per heavy atom. The Labute approximate surface area is 163 Å². The first kappa shape index (κ1) is 16.1. The number of imidazole rings is 1. The number of ether oxygens (including phenoxy) is 2. The van der Waals surface area contributed by atoms with Gasteiger partial charge in [0.2, 0.25) is 6.79 Å². The Hall–Kier alpha value is -3.06. The Morgan fingerprint density at radius 3 is 2.74 bits per heavy atom. The lowest BCUT2D eigenvalue weighted by Crippen LogP contribution is -1.98. The van der Waals surface area contributed by atoms with Gasteiger partial charge in [0.1, 0.15) is 16.1 Å². The zero-order chi connectivity index (χ0) is 18.4. The van der Waals surface area contributed by atoms with Crippen LogP contribution in [0.5, 0.6) is 11.5 Å². The van der Waals surface area contributed by atoms with Gasteiger partial charge in [0.05, 0.1) is 6.20 Å². The molecular formula is C20H15BrN4O2. The van der Waals surface area contributed by atoms with Crippen LogP contribution < -0.4 is 14.8 Å². The fourth-order valence-corrected chi connectivity index (χ4v) is 3.38. The number of hydrogen-bond acceptors (Lipinski definition) is 5. The van der Waals surface area contributed by atoms with E-state index in [1.54, 1.807) is 6.20 Å². The van der Waals surface area contributed by atoms with Crippen LogP contribution in [0.1, 0.15) is 5.56 Å². The third kappa shape index (κ3) is 2.90. The van der Waals surface area contributed by atoms with E-state index in [0.717, 1.165) is 44.5 Å². The van der Waals surface area contributed by atoms with Crippen molar-refractivity contribution in [1.82, 2.24) is 14.4 Å². The van der Waals surface area contributed by atoms with Gasteiger partial charge >= 0.3 is 0 Å². The molecule has 6 nitrogen and oxygen atoms in total. The van der Waals surface area contributed by atoms with Crippen LogP contribution in [0, 0.1) is 6.92 Å². The average Bonchev–Trinajstić information content (AvgIpc) is 3.27. The van der Waals surface area contributed by atoms with Crippen LogP contribution >= 0.6 is 15.9 Å². The van der Waals surface area contributed by atoms with Gasteiger partial charge in [-0.1, -0.05) is 29.8 Å². The van der Waals surface area contributed by atoms with E-state index in [2.05, 4.69) is 57.4 Å². The minimum atomic E-state index is 0.252. The van der Waals surface area contributed by atoms with E-state index in [1.807, 2.05) is 28.8 Å². The van der Waals surface area contributed by atoms with Crippen molar-refractivity contribution in [2.75, 3.05) is 12.1 Å². The second-order valence-electron chi connectivity index (χ2n) is 6.31. The second kappa shape index (κ2) is 6.28. The van der Waals surface area contributed by atoms with Crippen LogP contribution in [-0.4, -0.2) is 21.2 Å². The van der Waals surface area contributed by atoms with Crippen LogP contribution in [0.25, 0.3) is 16.9 Å². The lowest BCUT2D eigenvalue weighted by molar-refractivity contribution is 0.174. The van der Waals surface area contributed by atoms with E-state index in [0.29, 0.717) is 0 Å². The third-order valence-electron chi connectivity index (χ3n) is 4.44. The molecule has 0 atom stereocenters. The van der Waals surface area contributed by atoms with Crippen molar-refractivity contribution in [3.05, 3.63) is 65.0 Å². The van der Waals surface area contributed by atoms with Gasteiger partial charge in [0.25, 0.3) is 0 Å². The number of benzene rings is 2. The minimum absolute atomic E-state index is 0.252. The molecule has 0 fully saturated rings. The van der Waals surface area contributed by atoms with E-state index in [1.165, 1.54) is 5.56 Å². The number of aryl methyl sites for hydroxylation is 1. The average molecular weight is 423 g/mol. The predicted molar refractivity (Wildman–Crippen MR) is 107 cm³/mol. The molecule has 7 heteroatoms. The summed E-state index contributed by atoms with van der Waals surface area (Å²) in [5.74, 6) is 2.34. The monoisotopic (exact) mass is 422 g/mol. The van der Waals surface area contributed by atoms with Gasteiger partial charge in [-0.05, 0) is 35.0 Å². The van der Waals surface area contributed by atoms with Gasteiger partial charge in [-0.15, -0.1) is 0 Å². The molecule has 0 aliphatic carbocycles. The number of anilines is 2. The van der Waals surface area contributed by atoms with Gasteiger partial charge in [-0.2, -0.15) is 0 Å². The molecule has 4 aromatic rings. The summed E-state index contributed by atoms with van der Waals surface area (Å²) in [7, 11) is 0. The van der Waals surface area contributed by atoms with Crippen LogP contribution in [0.15, 0.2) is 59.5 Å². The second-order valence-corrected chi connectivity index (χ2v) is 7.12. The maximum absolute atomic E-state index is 5.49. The van der Waals surface area contributed by atoms with Crippen LogP contribution in [0.4, 0.5) is 11.5 Å². The van der Waals surface area contributed by atoms with Gasteiger partial charge < -0.3 is 14.8 Å². The largest absolute Gasteiger partial charge is 0.454 e. The Bertz CT molecular complexity index is 1150. The normalized spacial score (nSPS) is 12.5. The topological polar surface area (TPSA) is 60.7 Å². The fraction of sp³-hybridized carbons (Fsp3) is 0.100. The number of halogens is 1. The highest BCUT2D eigenvalue weighted by Crippen LogP contribution is 2.37. The zero-order valence-electron chi connectivity index (χ0n) is 14.4. The van der Waals surface area contributed by atoms with Crippen molar-refractivity contribution >= 4 is 33.1 Å².